The first kappa shape index (κ1) is 23.4. The number of rotatable bonds is 7. The van der Waals surface area contributed by atoms with Gasteiger partial charge in [0.05, 0.1) is 26.4 Å². The quantitative estimate of drug-likeness (QED) is 0.221. The molecule has 1 N–H and O–H groups in total. The van der Waals surface area contributed by atoms with Gasteiger partial charge >= 0.3 is 11.4 Å². The van der Waals surface area contributed by atoms with E-state index in [1.54, 1.807) is 54.6 Å². The van der Waals surface area contributed by atoms with E-state index >= 15 is 0 Å². The normalized spacial score (nSPS) is 10.8. The summed E-state index contributed by atoms with van der Waals surface area (Å²) in [6.45, 7) is 0. The van der Waals surface area contributed by atoms with Crippen LogP contribution in [0.5, 0.6) is 0 Å². The fraction of sp³-hybridized carbons (Fsp3) is 0.0370. The Balaban J connectivity index is 1.66. The Kier molecular flexibility index (Phi) is 6.13. The number of nitro benzene ring substituents is 2. The number of nitrogens with zero attached hydrogens (tertiary/aromatic N) is 4. The molecule has 1 heterocycles. The number of carbonyl (C=O) groups excluding carboxylic acids is 1. The molecule has 10 nitrogen and oxygen atoms in total. The van der Waals surface area contributed by atoms with Gasteiger partial charge in [-0.2, -0.15) is 0 Å². The Morgan fingerprint density at radius 3 is 2.00 bits per heavy atom. The molecule has 0 saturated carbocycles. The lowest BCUT2D eigenvalue weighted by atomic mass is 10.1. The van der Waals surface area contributed by atoms with Gasteiger partial charge in [0.2, 0.25) is 0 Å². The standard InChI is InChI=1S/C27H19N5O5/c33-27(30-22-14-8-7-13-21(22)29-25(30)15-18-9-3-1-4-10-18)19-16-23(31(34)35)26(24(17-19)32(36)37)28-20-11-5-2-6-12-20/h1-14,16-17,28H,15H2. The van der Waals surface area contributed by atoms with E-state index in [0.717, 1.165) is 17.7 Å². The van der Waals surface area contributed by atoms with Gasteiger partial charge in [0.1, 0.15) is 5.82 Å². The average molecular weight is 493 g/mol. The topological polar surface area (TPSA) is 133 Å². The molecule has 4 aromatic carbocycles. The smallest absolute Gasteiger partial charge is 0.300 e. The highest BCUT2D eigenvalue weighted by Crippen LogP contribution is 2.38. The van der Waals surface area contributed by atoms with Gasteiger partial charge in [-0.25, -0.2) is 4.98 Å². The fourth-order valence-electron chi connectivity index (χ4n) is 4.15. The Bertz CT molecular complexity index is 1610. The van der Waals surface area contributed by atoms with E-state index < -0.39 is 27.1 Å². The summed E-state index contributed by atoms with van der Waals surface area (Å²) in [5, 5.41) is 26.7. The fourth-order valence-corrected chi connectivity index (χ4v) is 4.15. The minimum absolute atomic E-state index is 0.200. The van der Waals surface area contributed by atoms with Crippen LogP contribution in [0.4, 0.5) is 22.7 Å². The Labute approximate surface area is 210 Å². The lowest BCUT2D eigenvalue weighted by Gasteiger charge is -2.11. The Morgan fingerprint density at radius 2 is 1.38 bits per heavy atom. The van der Waals surface area contributed by atoms with E-state index in [-0.39, 0.29) is 11.3 Å². The molecule has 0 fully saturated rings. The van der Waals surface area contributed by atoms with Crippen LogP contribution in [0.25, 0.3) is 11.0 Å². The van der Waals surface area contributed by atoms with E-state index in [4.69, 9.17) is 0 Å². The van der Waals surface area contributed by atoms with Crippen molar-refractivity contribution in [3.8, 4) is 0 Å². The zero-order chi connectivity index (χ0) is 25.9. The summed E-state index contributed by atoms with van der Waals surface area (Å²) in [6.07, 6.45) is 0.319. The number of nitrogens with one attached hydrogen (secondary N) is 1. The molecule has 37 heavy (non-hydrogen) atoms. The van der Waals surface area contributed by atoms with Crippen LogP contribution >= 0.6 is 0 Å². The molecule has 1 aromatic heterocycles. The maximum absolute atomic E-state index is 13.8. The summed E-state index contributed by atoms with van der Waals surface area (Å²) < 4.78 is 1.36. The molecule has 0 radical (unpaired) electrons. The number of hydrogen-bond acceptors (Lipinski definition) is 7. The molecule has 0 saturated heterocycles. The Morgan fingerprint density at radius 1 is 0.811 bits per heavy atom. The molecule has 0 bridgehead atoms. The summed E-state index contributed by atoms with van der Waals surface area (Å²) in [6, 6.07) is 26.9. The lowest BCUT2D eigenvalue weighted by molar-refractivity contribution is -0.392. The molecule has 182 valence electrons. The van der Waals surface area contributed by atoms with Crippen molar-refractivity contribution >= 4 is 39.7 Å². The number of nitro groups is 2. The van der Waals surface area contributed by atoms with Gasteiger partial charge in [0.15, 0.2) is 5.69 Å². The highest BCUT2D eigenvalue weighted by molar-refractivity contribution is 6.04. The molecule has 0 atom stereocenters. The molecule has 0 aliphatic rings. The van der Waals surface area contributed by atoms with Crippen LogP contribution in [0.15, 0.2) is 97.1 Å². The number of anilines is 2. The van der Waals surface area contributed by atoms with Crippen molar-refractivity contribution in [1.29, 1.82) is 0 Å². The number of imidazole rings is 1. The third-order valence-electron chi connectivity index (χ3n) is 5.82. The minimum Gasteiger partial charge on any atom is -0.344 e. The second-order valence-corrected chi connectivity index (χ2v) is 8.21. The van der Waals surface area contributed by atoms with E-state index in [2.05, 4.69) is 10.3 Å². The minimum atomic E-state index is -0.744. The molecule has 10 heteroatoms. The zero-order valence-electron chi connectivity index (χ0n) is 19.3. The number of hydrogen-bond donors (Lipinski definition) is 1. The Hall–Kier alpha value is -5.38. The van der Waals surface area contributed by atoms with Crippen LogP contribution in [0.1, 0.15) is 21.7 Å². The van der Waals surface area contributed by atoms with Crippen molar-refractivity contribution in [3.05, 3.63) is 134 Å². The SMILES string of the molecule is O=C(c1cc([N+](=O)[O-])c(Nc2ccccc2)c([N+](=O)[O-])c1)n1c(Cc2ccccc2)nc2ccccc21. The van der Waals surface area contributed by atoms with Crippen LogP contribution in [0.2, 0.25) is 0 Å². The van der Waals surface area contributed by atoms with E-state index in [1.807, 2.05) is 30.3 Å². The second-order valence-electron chi connectivity index (χ2n) is 8.21. The second kappa shape index (κ2) is 9.70. The predicted octanol–water partition coefficient (Wildman–Crippen LogP) is 5.88. The molecule has 5 aromatic rings. The largest absolute Gasteiger partial charge is 0.344 e. The van der Waals surface area contributed by atoms with Crippen molar-refractivity contribution in [1.82, 2.24) is 9.55 Å². The number of benzene rings is 4. The van der Waals surface area contributed by atoms with E-state index in [1.165, 1.54) is 4.57 Å². The van der Waals surface area contributed by atoms with Crippen LogP contribution < -0.4 is 5.32 Å². The molecule has 0 amide bonds. The first-order valence-electron chi connectivity index (χ1n) is 11.3. The molecule has 0 spiro atoms. The third kappa shape index (κ3) is 4.63. The van der Waals surface area contributed by atoms with Gasteiger partial charge in [0.25, 0.3) is 5.91 Å². The van der Waals surface area contributed by atoms with Crippen molar-refractivity contribution in [2.45, 2.75) is 6.42 Å². The van der Waals surface area contributed by atoms with Gasteiger partial charge < -0.3 is 5.32 Å². The van der Waals surface area contributed by atoms with Gasteiger partial charge in [-0.05, 0) is 29.8 Å². The molecule has 0 unspecified atom stereocenters. The lowest BCUT2D eigenvalue weighted by Crippen LogP contribution is -2.17. The third-order valence-corrected chi connectivity index (χ3v) is 5.82. The van der Waals surface area contributed by atoms with Crippen LogP contribution in [0, 0.1) is 20.2 Å². The molecule has 5 rings (SSSR count). The highest BCUT2D eigenvalue weighted by atomic mass is 16.6. The van der Waals surface area contributed by atoms with Gasteiger partial charge in [-0.1, -0.05) is 60.7 Å². The monoisotopic (exact) mass is 493 g/mol. The maximum atomic E-state index is 13.8. The van der Waals surface area contributed by atoms with E-state index in [9.17, 15) is 25.0 Å². The van der Waals surface area contributed by atoms with E-state index in [0.29, 0.717) is 29.0 Å². The van der Waals surface area contributed by atoms with Crippen molar-refractivity contribution < 1.29 is 14.6 Å². The summed E-state index contributed by atoms with van der Waals surface area (Å²) >= 11 is 0. The number of fused-ring (bicyclic) bond motifs is 1. The molecule has 0 aliphatic heterocycles. The molecular weight excluding hydrogens is 474 g/mol. The first-order valence-corrected chi connectivity index (χ1v) is 11.3. The summed E-state index contributed by atoms with van der Waals surface area (Å²) in [7, 11) is 0. The van der Waals surface area contributed by atoms with Gasteiger partial charge in [0, 0.05) is 24.2 Å². The molecule has 0 aliphatic carbocycles. The number of aromatic nitrogens is 2. The maximum Gasteiger partial charge on any atom is 0.300 e. The van der Waals surface area contributed by atoms with Gasteiger partial charge in [-0.3, -0.25) is 29.6 Å². The van der Waals surface area contributed by atoms with Crippen LogP contribution in [-0.2, 0) is 6.42 Å². The predicted molar refractivity (Wildman–Crippen MR) is 138 cm³/mol. The zero-order valence-corrected chi connectivity index (χ0v) is 19.3. The van der Waals surface area contributed by atoms with Crippen LogP contribution in [0.3, 0.4) is 0 Å². The highest BCUT2D eigenvalue weighted by Gasteiger charge is 2.30. The number of carbonyl (C=O) groups is 1. The summed E-state index contributed by atoms with van der Waals surface area (Å²) in [5.74, 6) is -0.244. The van der Waals surface area contributed by atoms with Crippen molar-refractivity contribution in [2.75, 3.05) is 5.32 Å². The van der Waals surface area contributed by atoms with Crippen molar-refractivity contribution in [3.63, 3.8) is 0 Å². The number of para-hydroxylation sites is 3. The van der Waals surface area contributed by atoms with Crippen LogP contribution in [-0.4, -0.2) is 25.3 Å². The first-order chi connectivity index (χ1) is 17.9. The summed E-state index contributed by atoms with van der Waals surface area (Å²) in [5.41, 5.74) is 0.714. The van der Waals surface area contributed by atoms with Crippen molar-refractivity contribution in [2.24, 2.45) is 0 Å². The average Bonchev–Trinajstić information content (AvgIpc) is 3.27. The summed E-state index contributed by atoms with van der Waals surface area (Å²) in [4.78, 5) is 40.9. The van der Waals surface area contributed by atoms with Gasteiger partial charge in [-0.15, -0.1) is 0 Å². The molecular formula is C27H19N5O5.